The molecule has 0 spiro atoms. The first-order valence-electron chi connectivity index (χ1n) is 12.2. The fraction of sp³-hybridized carbons (Fsp3) is 0.148. The first-order chi connectivity index (χ1) is 19.5. The number of nitrogens with zero attached hydrogens (tertiary/aromatic N) is 3. The van der Waals surface area contributed by atoms with Gasteiger partial charge < -0.3 is 10.3 Å². The highest BCUT2D eigenvalue weighted by Crippen LogP contribution is 2.50. The topological polar surface area (TPSA) is 89.7 Å². The number of fused-ring (bicyclic) bond motifs is 1. The molecule has 2 amide bonds. The summed E-state index contributed by atoms with van der Waals surface area (Å²) in [4.78, 5) is 21.7. The molecule has 2 aliphatic heterocycles. The molecule has 0 bridgehead atoms. The van der Waals surface area contributed by atoms with E-state index in [2.05, 4.69) is 25.5 Å². The summed E-state index contributed by atoms with van der Waals surface area (Å²) in [6, 6.07) is 4.73. The smallest absolute Gasteiger partial charge is 0.338 e. The summed E-state index contributed by atoms with van der Waals surface area (Å²) in [7, 11) is 0. The number of halogens is 7. The van der Waals surface area contributed by atoms with Crippen LogP contribution in [0.5, 0.6) is 0 Å². The van der Waals surface area contributed by atoms with E-state index >= 15 is 0 Å². The Bertz CT molecular complexity index is 1910. The van der Waals surface area contributed by atoms with Gasteiger partial charge in [0.05, 0.1) is 34.6 Å². The number of hydrogen-bond acceptors (Lipinski definition) is 3. The largest absolute Gasteiger partial charge is 0.416 e. The lowest BCUT2D eigenvalue weighted by molar-refractivity contribution is -0.137. The predicted molar refractivity (Wildman–Crippen MR) is 137 cm³/mol. The SMILES string of the molecule is O=C1NC(c2cc(F)ccc2Cl)c2c(-c3nc4c(F)cc(C(F)(F)F)cc4[nH]3)cc(-c3cn[nH]c3F)c3c2N1CC3. The van der Waals surface area contributed by atoms with Gasteiger partial charge in [-0.1, -0.05) is 11.6 Å². The van der Waals surface area contributed by atoms with Gasteiger partial charge in [0.2, 0.25) is 5.95 Å². The van der Waals surface area contributed by atoms with Crippen LogP contribution in [0.2, 0.25) is 5.02 Å². The minimum Gasteiger partial charge on any atom is -0.338 e. The minimum absolute atomic E-state index is 0.0540. The Kier molecular flexibility index (Phi) is 5.42. The van der Waals surface area contributed by atoms with Gasteiger partial charge in [0.15, 0.2) is 5.82 Å². The molecule has 0 radical (unpaired) electrons. The van der Waals surface area contributed by atoms with Crippen molar-refractivity contribution in [2.75, 3.05) is 11.4 Å². The van der Waals surface area contributed by atoms with Gasteiger partial charge in [-0.2, -0.15) is 22.7 Å². The molecule has 4 heterocycles. The second-order valence-electron chi connectivity index (χ2n) is 9.70. The number of benzene rings is 3. The standard InChI is InChI=1S/C27H15ClF6N6O/c28-17-2-1-11(29)7-14(17)21-20-15(25-36-19-6-10(27(32,33)34)5-18(30)22(19)37-25)8-13(16-9-35-39-24(16)31)12-3-4-40(23(12)20)26(41)38-21/h1-2,5-9,21H,3-4H2,(H,35,39)(H,36,37)(H,38,41). The number of aromatic amines is 2. The van der Waals surface area contributed by atoms with Crippen LogP contribution in [0.3, 0.4) is 0 Å². The lowest BCUT2D eigenvalue weighted by atomic mass is 9.85. The first kappa shape index (κ1) is 25.4. The lowest BCUT2D eigenvalue weighted by Crippen LogP contribution is -2.46. The number of alkyl halides is 3. The molecule has 0 saturated carbocycles. The van der Waals surface area contributed by atoms with Gasteiger partial charge in [0.1, 0.15) is 17.2 Å². The van der Waals surface area contributed by atoms with E-state index in [0.29, 0.717) is 34.9 Å². The number of imidazole rings is 1. The molecule has 0 aliphatic carbocycles. The van der Waals surface area contributed by atoms with E-state index in [9.17, 15) is 31.1 Å². The number of aromatic nitrogens is 4. The number of carbonyl (C=O) groups is 1. The Labute approximate surface area is 231 Å². The Morgan fingerprint density at radius 3 is 2.56 bits per heavy atom. The zero-order valence-electron chi connectivity index (χ0n) is 20.4. The second-order valence-corrected chi connectivity index (χ2v) is 10.1. The summed E-state index contributed by atoms with van der Waals surface area (Å²) in [5.41, 5.74) is 0.426. The number of rotatable bonds is 3. The van der Waals surface area contributed by atoms with Crippen LogP contribution in [-0.2, 0) is 12.6 Å². The van der Waals surface area contributed by atoms with Crippen molar-refractivity contribution in [3.8, 4) is 22.5 Å². The molecule has 5 aromatic rings. The van der Waals surface area contributed by atoms with E-state index in [-0.39, 0.29) is 45.1 Å². The predicted octanol–water partition coefficient (Wildman–Crippen LogP) is 6.88. The molecule has 7 nitrogen and oxygen atoms in total. The van der Waals surface area contributed by atoms with Crippen molar-refractivity contribution in [2.24, 2.45) is 0 Å². The molecule has 2 aliphatic rings. The Hall–Kier alpha value is -4.52. The van der Waals surface area contributed by atoms with Crippen LogP contribution in [0.15, 0.2) is 42.6 Å². The molecular formula is C27H15ClF6N6O. The third kappa shape index (κ3) is 3.86. The van der Waals surface area contributed by atoms with E-state index in [4.69, 9.17) is 11.6 Å². The van der Waals surface area contributed by atoms with Crippen LogP contribution in [0.4, 0.5) is 36.8 Å². The zero-order valence-corrected chi connectivity index (χ0v) is 21.2. The van der Waals surface area contributed by atoms with Crippen LogP contribution in [0, 0.1) is 17.6 Å². The van der Waals surface area contributed by atoms with Crippen LogP contribution < -0.4 is 10.2 Å². The number of H-pyrrole nitrogens is 2. The Morgan fingerprint density at radius 1 is 1.02 bits per heavy atom. The molecule has 3 aromatic carbocycles. The van der Waals surface area contributed by atoms with Crippen LogP contribution >= 0.6 is 11.6 Å². The molecule has 3 N–H and O–H groups in total. The van der Waals surface area contributed by atoms with Crippen LogP contribution in [0.1, 0.15) is 28.3 Å². The summed E-state index contributed by atoms with van der Waals surface area (Å²) in [6.07, 6.45) is -3.21. The summed E-state index contributed by atoms with van der Waals surface area (Å²) in [5.74, 6) is -2.63. The molecule has 1 atom stereocenters. The van der Waals surface area contributed by atoms with Gasteiger partial charge in [-0.3, -0.25) is 10.00 Å². The number of amides is 2. The maximum absolute atomic E-state index is 14.9. The number of urea groups is 1. The number of carbonyl (C=O) groups excluding carboxylic acids is 1. The normalized spacial score (nSPS) is 16.4. The quantitative estimate of drug-likeness (QED) is 0.201. The van der Waals surface area contributed by atoms with Crippen molar-refractivity contribution in [1.29, 1.82) is 0 Å². The van der Waals surface area contributed by atoms with E-state index in [1.54, 1.807) is 6.07 Å². The number of anilines is 1. The molecule has 2 aromatic heterocycles. The second kappa shape index (κ2) is 8.74. The third-order valence-corrected chi connectivity index (χ3v) is 7.72. The van der Waals surface area contributed by atoms with Gasteiger partial charge in [0, 0.05) is 28.3 Å². The molecule has 0 fully saturated rings. The van der Waals surface area contributed by atoms with E-state index in [1.165, 1.54) is 17.2 Å². The maximum Gasteiger partial charge on any atom is 0.416 e. The summed E-state index contributed by atoms with van der Waals surface area (Å²) < 4.78 is 84.2. The fourth-order valence-corrected chi connectivity index (χ4v) is 5.85. The van der Waals surface area contributed by atoms with Crippen LogP contribution in [0.25, 0.3) is 33.5 Å². The average Bonchev–Trinajstić information content (AvgIpc) is 3.66. The van der Waals surface area contributed by atoms with Crippen molar-refractivity contribution in [3.05, 3.63) is 87.5 Å². The molecule has 208 valence electrons. The van der Waals surface area contributed by atoms with Gasteiger partial charge in [-0.25, -0.2) is 18.6 Å². The van der Waals surface area contributed by atoms with Gasteiger partial charge in [-0.15, -0.1) is 0 Å². The molecule has 41 heavy (non-hydrogen) atoms. The fourth-order valence-electron chi connectivity index (χ4n) is 5.62. The highest BCUT2D eigenvalue weighted by atomic mass is 35.5. The van der Waals surface area contributed by atoms with Crippen molar-refractivity contribution in [1.82, 2.24) is 25.5 Å². The molecule has 7 rings (SSSR count). The van der Waals surface area contributed by atoms with Gasteiger partial charge >= 0.3 is 12.2 Å². The molecule has 14 heteroatoms. The van der Waals surface area contributed by atoms with Crippen molar-refractivity contribution in [2.45, 2.75) is 18.6 Å². The zero-order chi connectivity index (χ0) is 28.8. The lowest BCUT2D eigenvalue weighted by Gasteiger charge is -2.35. The van der Waals surface area contributed by atoms with Crippen molar-refractivity contribution in [3.63, 3.8) is 0 Å². The van der Waals surface area contributed by atoms with E-state index in [0.717, 1.165) is 18.2 Å². The number of nitrogens with one attached hydrogen (secondary N) is 3. The van der Waals surface area contributed by atoms with Gasteiger partial charge in [0.25, 0.3) is 0 Å². The molecule has 1 unspecified atom stereocenters. The highest BCUT2D eigenvalue weighted by Gasteiger charge is 2.41. The Balaban J connectivity index is 1.56. The summed E-state index contributed by atoms with van der Waals surface area (Å²) in [5, 5.41) is 8.93. The maximum atomic E-state index is 14.9. The summed E-state index contributed by atoms with van der Waals surface area (Å²) in [6.45, 7) is 0.234. The van der Waals surface area contributed by atoms with E-state index < -0.39 is 41.4 Å². The van der Waals surface area contributed by atoms with Crippen molar-refractivity contribution < 1.29 is 31.1 Å². The number of hydrogen-bond donors (Lipinski definition) is 3. The van der Waals surface area contributed by atoms with Crippen molar-refractivity contribution >= 4 is 34.4 Å². The molecular weight excluding hydrogens is 574 g/mol. The minimum atomic E-state index is -4.81. The van der Waals surface area contributed by atoms with E-state index in [1.807, 2.05) is 0 Å². The monoisotopic (exact) mass is 588 g/mol. The van der Waals surface area contributed by atoms with Gasteiger partial charge in [-0.05, 0) is 53.9 Å². The highest BCUT2D eigenvalue weighted by molar-refractivity contribution is 6.31. The average molecular weight is 589 g/mol. The first-order valence-corrected chi connectivity index (χ1v) is 12.6. The molecule has 0 saturated heterocycles. The van der Waals surface area contributed by atoms with Crippen LogP contribution in [-0.4, -0.2) is 32.7 Å². The Morgan fingerprint density at radius 2 is 1.83 bits per heavy atom. The summed E-state index contributed by atoms with van der Waals surface area (Å²) >= 11 is 6.44. The third-order valence-electron chi connectivity index (χ3n) is 7.38.